The summed E-state index contributed by atoms with van der Waals surface area (Å²) in [5, 5.41) is 0. The van der Waals surface area contributed by atoms with Crippen LogP contribution in [0.5, 0.6) is 5.75 Å². The van der Waals surface area contributed by atoms with Gasteiger partial charge >= 0.3 is 0 Å². The SMILES string of the molecule is NC1COCC1Oc1ccc(Br)cc1. The summed E-state index contributed by atoms with van der Waals surface area (Å²) in [5.41, 5.74) is 5.80. The molecule has 4 heteroatoms. The smallest absolute Gasteiger partial charge is 0.139 e. The van der Waals surface area contributed by atoms with Crippen molar-refractivity contribution < 1.29 is 9.47 Å². The van der Waals surface area contributed by atoms with Crippen molar-refractivity contribution in [2.75, 3.05) is 13.2 Å². The molecule has 14 heavy (non-hydrogen) atoms. The van der Waals surface area contributed by atoms with Gasteiger partial charge in [0.1, 0.15) is 11.9 Å². The monoisotopic (exact) mass is 257 g/mol. The van der Waals surface area contributed by atoms with Gasteiger partial charge in [-0.2, -0.15) is 0 Å². The molecule has 2 N–H and O–H groups in total. The van der Waals surface area contributed by atoms with Crippen LogP contribution in [0.25, 0.3) is 0 Å². The summed E-state index contributed by atoms with van der Waals surface area (Å²) in [6.07, 6.45) is -0.0174. The molecule has 0 radical (unpaired) electrons. The zero-order valence-corrected chi connectivity index (χ0v) is 9.24. The highest BCUT2D eigenvalue weighted by molar-refractivity contribution is 9.10. The number of ether oxygens (including phenoxy) is 2. The summed E-state index contributed by atoms with van der Waals surface area (Å²) in [7, 11) is 0. The second-order valence-corrected chi connectivity index (χ2v) is 4.23. The van der Waals surface area contributed by atoms with E-state index in [0.29, 0.717) is 13.2 Å². The number of hydrogen-bond donors (Lipinski definition) is 1. The molecule has 1 aliphatic rings. The number of benzene rings is 1. The normalized spacial score (nSPS) is 26.4. The first-order chi connectivity index (χ1) is 6.75. The maximum atomic E-state index is 5.80. The van der Waals surface area contributed by atoms with Gasteiger partial charge in [0.15, 0.2) is 0 Å². The van der Waals surface area contributed by atoms with E-state index in [0.717, 1.165) is 10.2 Å². The van der Waals surface area contributed by atoms with E-state index in [2.05, 4.69) is 15.9 Å². The highest BCUT2D eigenvalue weighted by Gasteiger charge is 2.26. The number of nitrogens with two attached hydrogens (primary N) is 1. The molecule has 1 fully saturated rings. The van der Waals surface area contributed by atoms with E-state index in [9.17, 15) is 0 Å². The van der Waals surface area contributed by atoms with Crippen molar-refractivity contribution in [3.05, 3.63) is 28.7 Å². The van der Waals surface area contributed by atoms with Crippen LogP contribution < -0.4 is 10.5 Å². The molecule has 0 aromatic heterocycles. The van der Waals surface area contributed by atoms with Gasteiger partial charge in [0, 0.05) is 4.47 Å². The molecule has 0 spiro atoms. The minimum absolute atomic E-state index is 0.0151. The fourth-order valence-corrected chi connectivity index (χ4v) is 1.62. The molecular formula is C10H12BrNO2. The Morgan fingerprint density at radius 2 is 2.00 bits per heavy atom. The van der Waals surface area contributed by atoms with Crippen LogP contribution in [0.4, 0.5) is 0 Å². The molecule has 1 heterocycles. The standard InChI is InChI=1S/C10H12BrNO2/c11-7-1-3-8(4-2-7)14-10-6-13-5-9(10)12/h1-4,9-10H,5-6,12H2. The largest absolute Gasteiger partial charge is 0.486 e. The number of rotatable bonds is 2. The average Bonchev–Trinajstić information content (AvgIpc) is 2.56. The quantitative estimate of drug-likeness (QED) is 0.875. The Morgan fingerprint density at radius 3 is 2.57 bits per heavy atom. The van der Waals surface area contributed by atoms with Gasteiger partial charge in [-0.25, -0.2) is 0 Å². The maximum absolute atomic E-state index is 5.80. The molecule has 76 valence electrons. The topological polar surface area (TPSA) is 44.5 Å². The summed E-state index contributed by atoms with van der Waals surface area (Å²) in [6.45, 7) is 1.17. The Morgan fingerprint density at radius 1 is 1.29 bits per heavy atom. The van der Waals surface area contributed by atoms with Crippen molar-refractivity contribution >= 4 is 15.9 Å². The first-order valence-electron chi connectivity index (χ1n) is 4.51. The summed E-state index contributed by atoms with van der Waals surface area (Å²) in [6, 6.07) is 7.69. The molecule has 0 amide bonds. The van der Waals surface area contributed by atoms with Crippen molar-refractivity contribution in [3.8, 4) is 5.75 Å². The fraction of sp³-hybridized carbons (Fsp3) is 0.400. The van der Waals surface area contributed by atoms with Crippen molar-refractivity contribution in [3.63, 3.8) is 0 Å². The molecule has 2 atom stereocenters. The first-order valence-corrected chi connectivity index (χ1v) is 5.30. The van der Waals surface area contributed by atoms with E-state index in [1.54, 1.807) is 0 Å². The van der Waals surface area contributed by atoms with Gasteiger partial charge in [0.05, 0.1) is 19.3 Å². The van der Waals surface area contributed by atoms with Crippen LogP contribution in [-0.2, 0) is 4.74 Å². The third-order valence-electron chi connectivity index (χ3n) is 2.17. The van der Waals surface area contributed by atoms with Gasteiger partial charge in [-0.1, -0.05) is 15.9 Å². The van der Waals surface area contributed by atoms with E-state index in [-0.39, 0.29) is 12.1 Å². The summed E-state index contributed by atoms with van der Waals surface area (Å²) < 4.78 is 11.9. The Kier molecular flexibility index (Phi) is 3.05. The van der Waals surface area contributed by atoms with Crippen molar-refractivity contribution in [2.24, 2.45) is 5.73 Å². The minimum Gasteiger partial charge on any atom is -0.486 e. The molecule has 2 rings (SSSR count). The molecule has 0 saturated carbocycles. The van der Waals surface area contributed by atoms with Crippen LogP contribution in [0.1, 0.15) is 0 Å². The molecule has 1 aliphatic heterocycles. The molecule has 1 saturated heterocycles. The lowest BCUT2D eigenvalue weighted by molar-refractivity contribution is 0.140. The summed E-state index contributed by atoms with van der Waals surface area (Å²) >= 11 is 3.37. The molecular weight excluding hydrogens is 246 g/mol. The molecule has 2 unspecified atom stereocenters. The highest BCUT2D eigenvalue weighted by atomic mass is 79.9. The van der Waals surface area contributed by atoms with E-state index < -0.39 is 0 Å². The van der Waals surface area contributed by atoms with Gasteiger partial charge in [-0.3, -0.25) is 0 Å². The minimum atomic E-state index is -0.0174. The third kappa shape index (κ3) is 2.26. The second-order valence-electron chi connectivity index (χ2n) is 3.31. The van der Waals surface area contributed by atoms with E-state index in [4.69, 9.17) is 15.2 Å². The fourth-order valence-electron chi connectivity index (χ4n) is 1.36. The highest BCUT2D eigenvalue weighted by Crippen LogP contribution is 2.19. The first kappa shape index (κ1) is 9.96. The Bertz CT molecular complexity index is 301. The van der Waals surface area contributed by atoms with Gasteiger partial charge in [0.25, 0.3) is 0 Å². The van der Waals surface area contributed by atoms with Gasteiger partial charge in [0.2, 0.25) is 0 Å². The molecule has 0 bridgehead atoms. The van der Waals surface area contributed by atoms with Gasteiger partial charge in [-0.15, -0.1) is 0 Å². The van der Waals surface area contributed by atoms with E-state index >= 15 is 0 Å². The van der Waals surface area contributed by atoms with Crippen LogP contribution >= 0.6 is 15.9 Å². The molecule has 0 aliphatic carbocycles. The lowest BCUT2D eigenvalue weighted by Gasteiger charge is -2.15. The van der Waals surface area contributed by atoms with Crippen molar-refractivity contribution in [1.82, 2.24) is 0 Å². The zero-order valence-electron chi connectivity index (χ0n) is 7.65. The third-order valence-corrected chi connectivity index (χ3v) is 2.70. The predicted octanol–water partition coefficient (Wildman–Crippen LogP) is 1.55. The lowest BCUT2D eigenvalue weighted by Crippen LogP contribution is -2.37. The Hall–Kier alpha value is -0.580. The maximum Gasteiger partial charge on any atom is 0.139 e. The van der Waals surface area contributed by atoms with Crippen LogP contribution in [0, 0.1) is 0 Å². The average molecular weight is 258 g/mol. The van der Waals surface area contributed by atoms with Crippen molar-refractivity contribution in [1.29, 1.82) is 0 Å². The number of hydrogen-bond acceptors (Lipinski definition) is 3. The molecule has 3 nitrogen and oxygen atoms in total. The van der Waals surface area contributed by atoms with Crippen LogP contribution in [0.2, 0.25) is 0 Å². The Balaban J connectivity index is 2.00. The lowest BCUT2D eigenvalue weighted by atomic mass is 10.2. The van der Waals surface area contributed by atoms with Crippen LogP contribution in [0.15, 0.2) is 28.7 Å². The van der Waals surface area contributed by atoms with Crippen LogP contribution in [0.3, 0.4) is 0 Å². The van der Waals surface area contributed by atoms with Crippen LogP contribution in [-0.4, -0.2) is 25.4 Å². The Labute approximate surface area is 91.3 Å². The van der Waals surface area contributed by atoms with Gasteiger partial charge < -0.3 is 15.2 Å². The van der Waals surface area contributed by atoms with Gasteiger partial charge in [-0.05, 0) is 24.3 Å². The summed E-state index contributed by atoms with van der Waals surface area (Å²) in [5.74, 6) is 0.833. The van der Waals surface area contributed by atoms with E-state index in [1.807, 2.05) is 24.3 Å². The predicted molar refractivity (Wildman–Crippen MR) is 57.4 cm³/mol. The van der Waals surface area contributed by atoms with Crippen molar-refractivity contribution in [2.45, 2.75) is 12.1 Å². The second kappa shape index (κ2) is 4.29. The zero-order chi connectivity index (χ0) is 9.97. The number of halogens is 1. The molecule has 1 aromatic rings. The summed E-state index contributed by atoms with van der Waals surface area (Å²) in [4.78, 5) is 0. The molecule has 1 aromatic carbocycles. The van der Waals surface area contributed by atoms with E-state index in [1.165, 1.54) is 0 Å².